The fraction of sp³-hybridized carbons (Fsp3) is 0.583. The van der Waals surface area contributed by atoms with Crippen molar-refractivity contribution in [2.24, 2.45) is 0 Å². The van der Waals surface area contributed by atoms with Gasteiger partial charge in [-0.1, -0.05) is 12.1 Å². The van der Waals surface area contributed by atoms with E-state index in [1.807, 2.05) is 0 Å². The topological polar surface area (TPSA) is 334 Å². The number of aliphatic hydroxyl groups excluding tert-OH is 8. The van der Waals surface area contributed by atoms with Gasteiger partial charge in [0, 0.05) is 13.2 Å². The van der Waals surface area contributed by atoms with Crippen LogP contribution in [0.2, 0.25) is 0 Å². The fourth-order valence-corrected chi connectivity index (χ4v) is 6.32. The van der Waals surface area contributed by atoms with Gasteiger partial charge in [-0.15, -0.1) is 0 Å². The molecule has 16 atom stereocenters. The van der Waals surface area contributed by atoms with Crippen LogP contribution in [-0.4, -0.2) is 186 Å². The van der Waals surface area contributed by atoms with E-state index in [0.29, 0.717) is 5.56 Å². The summed E-state index contributed by atoms with van der Waals surface area (Å²) in [6.07, 6.45) is -23.9. The van der Waals surface area contributed by atoms with Gasteiger partial charge in [-0.25, -0.2) is 4.79 Å². The monoisotopic (exact) mass is 816 g/mol. The van der Waals surface area contributed by atoms with E-state index in [4.69, 9.17) is 37.9 Å². The first-order valence-electron chi connectivity index (χ1n) is 17.7. The van der Waals surface area contributed by atoms with E-state index in [2.05, 4.69) is 0 Å². The number of hydrogen-bond acceptors (Lipinski definition) is 21. The van der Waals surface area contributed by atoms with Crippen molar-refractivity contribution in [1.82, 2.24) is 0 Å². The van der Waals surface area contributed by atoms with Crippen molar-refractivity contribution >= 4 is 12.0 Å². The number of aromatic hydroxyl groups is 4. The summed E-state index contributed by atoms with van der Waals surface area (Å²) in [5.74, 6) is -2.81. The Morgan fingerprint density at radius 2 is 1.35 bits per heavy atom. The molecule has 3 aliphatic rings. The summed E-state index contributed by atoms with van der Waals surface area (Å²) in [5.41, 5.74) is 0.603. The quantitative estimate of drug-likeness (QED) is 0.0512. The fourth-order valence-electron chi connectivity index (χ4n) is 6.32. The molecule has 16 unspecified atom stereocenters. The third-order valence-electron chi connectivity index (χ3n) is 9.70. The Morgan fingerprint density at radius 1 is 0.702 bits per heavy atom. The van der Waals surface area contributed by atoms with Crippen LogP contribution in [0.4, 0.5) is 0 Å². The molecule has 3 heterocycles. The number of methoxy groups -OCH3 is 1. The van der Waals surface area contributed by atoms with Gasteiger partial charge in [0.2, 0.25) is 0 Å². The van der Waals surface area contributed by atoms with Crippen LogP contribution < -0.4 is 0 Å². The molecule has 318 valence electrons. The highest BCUT2D eigenvalue weighted by atomic mass is 16.7. The normalized spacial score (nSPS) is 36.6. The number of carbonyl (C=O) groups is 1. The van der Waals surface area contributed by atoms with Gasteiger partial charge in [0.1, 0.15) is 67.1 Å². The predicted octanol–water partition coefficient (Wildman–Crippen LogP) is -3.05. The number of aliphatic hydroxyl groups is 8. The molecule has 3 fully saturated rings. The van der Waals surface area contributed by atoms with Crippen molar-refractivity contribution in [2.45, 2.75) is 105 Å². The Labute approximate surface area is 324 Å². The molecular formula is C36H48O21. The first-order valence-corrected chi connectivity index (χ1v) is 17.7. The number of rotatable bonds is 14. The molecule has 3 aliphatic heterocycles. The van der Waals surface area contributed by atoms with Crippen LogP contribution >= 0.6 is 0 Å². The van der Waals surface area contributed by atoms with Gasteiger partial charge in [-0.05, 0) is 48.4 Å². The third-order valence-corrected chi connectivity index (χ3v) is 9.70. The van der Waals surface area contributed by atoms with Crippen molar-refractivity contribution < 1.29 is 104 Å². The largest absolute Gasteiger partial charge is 0.504 e. The van der Waals surface area contributed by atoms with E-state index in [0.717, 1.165) is 12.1 Å². The molecule has 3 saturated heterocycles. The summed E-state index contributed by atoms with van der Waals surface area (Å²) in [6.45, 7) is -0.121. The molecule has 0 spiro atoms. The summed E-state index contributed by atoms with van der Waals surface area (Å²) < 4.78 is 45.6. The highest BCUT2D eigenvalue weighted by molar-refractivity contribution is 5.87. The minimum absolute atomic E-state index is 0.263. The predicted molar refractivity (Wildman–Crippen MR) is 186 cm³/mol. The zero-order valence-corrected chi connectivity index (χ0v) is 30.5. The zero-order valence-electron chi connectivity index (χ0n) is 30.5. The molecule has 5 rings (SSSR count). The first-order chi connectivity index (χ1) is 27.0. The standard InChI is InChI=1S/C36H48O21/c1-14-25(42)27(44)30(47)36(53-14)57-33-31(48)35(52-13-21(50-2)16-5-7-18(38)20(40)10-16)55-23(12-51-11-22-26(43)28(45)29(46)34(49)54-22)32(33)56-24(41)8-4-15-3-6-17(37)19(39)9-15/h3-10,14,21-23,25-40,42-49H,11-13H2,1-2H3. The smallest absolute Gasteiger partial charge is 0.331 e. The minimum Gasteiger partial charge on any atom is -0.504 e. The molecule has 0 bridgehead atoms. The highest BCUT2D eigenvalue weighted by Gasteiger charge is 2.53. The van der Waals surface area contributed by atoms with Gasteiger partial charge < -0.3 is 99.2 Å². The Bertz CT molecular complexity index is 1660. The molecular weight excluding hydrogens is 768 g/mol. The van der Waals surface area contributed by atoms with Crippen LogP contribution in [0.3, 0.4) is 0 Å². The second-order valence-corrected chi connectivity index (χ2v) is 13.7. The lowest BCUT2D eigenvalue weighted by Crippen LogP contribution is -2.65. The summed E-state index contributed by atoms with van der Waals surface area (Å²) in [5, 5.41) is 123. The van der Waals surface area contributed by atoms with Crippen molar-refractivity contribution in [3.8, 4) is 23.0 Å². The maximum absolute atomic E-state index is 13.3. The second kappa shape index (κ2) is 19.3. The third kappa shape index (κ3) is 10.5. The number of ether oxygens (including phenoxy) is 8. The van der Waals surface area contributed by atoms with Gasteiger partial charge in [0.05, 0.1) is 25.9 Å². The van der Waals surface area contributed by atoms with Crippen LogP contribution in [0.5, 0.6) is 23.0 Å². The summed E-state index contributed by atoms with van der Waals surface area (Å²) >= 11 is 0. The van der Waals surface area contributed by atoms with E-state index in [9.17, 15) is 66.1 Å². The Kier molecular flexibility index (Phi) is 15.0. The average molecular weight is 817 g/mol. The van der Waals surface area contributed by atoms with Crippen molar-refractivity contribution in [3.05, 3.63) is 53.6 Å². The molecule has 57 heavy (non-hydrogen) atoms. The second-order valence-electron chi connectivity index (χ2n) is 13.7. The Balaban J connectivity index is 1.43. The molecule has 0 amide bonds. The first kappa shape index (κ1) is 44.4. The molecule has 2 aromatic rings. The van der Waals surface area contributed by atoms with Gasteiger partial charge in [-0.3, -0.25) is 0 Å². The SMILES string of the molecule is COC(COC1OC(COCC2OC(O)C(O)C(O)C2O)C(OC(=O)C=Cc2ccc(O)c(O)c2)C(OC2OC(C)C(O)C(O)C2O)C1O)c1ccc(O)c(O)c1. The van der Waals surface area contributed by atoms with E-state index < -0.39 is 140 Å². The lowest BCUT2D eigenvalue weighted by Gasteiger charge is -2.47. The van der Waals surface area contributed by atoms with Crippen LogP contribution in [-0.2, 0) is 42.7 Å². The molecule has 0 aliphatic carbocycles. The molecule has 0 saturated carbocycles. The zero-order chi connectivity index (χ0) is 41.7. The maximum atomic E-state index is 13.3. The average Bonchev–Trinajstić information content (AvgIpc) is 3.18. The van der Waals surface area contributed by atoms with Crippen molar-refractivity contribution in [2.75, 3.05) is 26.9 Å². The van der Waals surface area contributed by atoms with Gasteiger partial charge in [0.25, 0.3) is 0 Å². The lowest BCUT2D eigenvalue weighted by atomic mass is 9.96. The van der Waals surface area contributed by atoms with Crippen molar-refractivity contribution in [1.29, 1.82) is 0 Å². The van der Waals surface area contributed by atoms with Crippen LogP contribution in [0.15, 0.2) is 42.5 Å². The number of hydrogen-bond donors (Lipinski definition) is 12. The number of phenols is 4. The molecule has 21 heteroatoms. The summed E-state index contributed by atoms with van der Waals surface area (Å²) in [7, 11) is 1.32. The maximum Gasteiger partial charge on any atom is 0.331 e. The highest BCUT2D eigenvalue weighted by Crippen LogP contribution is 2.34. The lowest BCUT2D eigenvalue weighted by molar-refractivity contribution is -0.360. The van der Waals surface area contributed by atoms with E-state index in [-0.39, 0.29) is 12.2 Å². The van der Waals surface area contributed by atoms with Crippen molar-refractivity contribution in [3.63, 3.8) is 0 Å². The van der Waals surface area contributed by atoms with Crippen LogP contribution in [0.1, 0.15) is 24.2 Å². The van der Waals surface area contributed by atoms with E-state index >= 15 is 0 Å². The molecule has 2 aromatic carbocycles. The van der Waals surface area contributed by atoms with Gasteiger partial charge in [-0.2, -0.15) is 0 Å². The van der Waals surface area contributed by atoms with Gasteiger partial charge >= 0.3 is 5.97 Å². The number of carbonyl (C=O) groups excluding carboxylic acids is 1. The number of benzene rings is 2. The Morgan fingerprint density at radius 3 is 2.02 bits per heavy atom. The molecule has 12 N–H and O–H groups in total. The summed E-state index contributed by atoms with van der Waals surface area (Å²) in [4.78, 5) is 13.3. The summed E-state index contributed by atoms with van der Waals surface area (Å²) in [6, 6.07) is 7.57. The van der Waals surface area contributed by atoms with Gasteiger partial charge in [0.15, 0.2) is 48.0 Å². The minimum atomic E-state index is -1.90. The molecule has 0 radical (unpaired) electrons. The van der Waals surface area contributed by atoms with Crippen LogP contribution in [0.25, 0.3) is 6.08 Å². The van der Waals surface area contributed by atoms with E-state index in [1.165, 1.54) is 50.4 Å². The molecule has 21 nitrogen and oxygen atoms in total. The van der Waals surface area contributed by atoms with E-state index in [1.54, 1.807) is 0 Å². The number of phenolic OH excluding ortho intramolecular Hbond substituents is 4. The van der Waals surface area contributed by atoms with Crippen LogP contribution in [0, 0.1) is 0 Å². The number of esters is 1. The Hall–Kier alpha value is -3.75. The molecule has 0 aromatic heterocycles.